The average molecular weight is 603 g/mol. The van der Waals surface area contributed by atoms with Crippen molar-refractivity contribution in [2.24, 2.45) is 23.7 Å². The summed E-state index contributed by atoms with van der Waals surface area (Å²) in [4.78, 5) is 0. The molecule has 2 saturated carbocycles. The first-order valence-electron chi connectivity index (χ1n) is 15.9. The Morgan fingerprint density at radius 2 is 1.20 bits per heavy atom. The van der Waals surface area contributed by atoms with Gasteiger partial charge in [-0.2, -0.15) is 21.6 Å². The Hall–Kier alpha value is -0.995. The minimum absolute atomic E-state index is 0.0608. The van der Waals surface area contributed by atoms with Crippen LogP contribution in [0.4, 0.5) is 13.2 Å². The summed E-state index contributed by atoms with van der Waals surface area (Å²) >= 11 is 0. The number of allylic oxidation sites excluding steroid dienone is 4. The van der Waals surface area contributed by atoms with Crippen molar-refractivity contribution in [3.05, 3.63) is 23.4 Å². The van der Waals surface area contributed by atoms with Crippen molar-refractivity contribution in [3.63, 3.8) is 0 Å². The third kappa shape index (κ3) is 8.34. The fourth-order valence-electron chi connectivity index (χ4n) is 7.24. The highest BCUT2D eigenvalue weighted by atomic mass is 32.2. The third-order valence-corrected chi connectivity index (χ3v) is 11.6. The second-order valence-electron chi connectivity index (χ2n) is 13.9. The van der Waals surface area contributed by atoms with Crippen LogP contribution < -0.4 is 0 Å². The summed E-state index contributed by atoms with van der Waals surface area (Å²) in [5.74, 6) is 2.91. The lowest BCUT2D eigenvalue weighted by atomic mass is 9.67. The molecule has 10 heteroatoms. The maximum Gasteiger partial charge on any atom is 0.534 e. The average Bonchev–Trinajstić information content (AvgIpc) is 3.16. The molecular weight excluding hydrogens is 552 g/mol. The summed E-state index contributed by atoms with van der Waals surface area (Å²) in [5.41, 5.74) is -4.38. The zero-order valence-corrected chi connectivity index (χ0v) is 26.3. The Morgan fingerprint density at radius 3 is 1.59 bits per heavy atom. The summed E-state index contributed by atoms with van der Waals surface area (Å²) in [6, 6.07) is 0. The zero-order chi connectivity index (χ0) is 29.9. The molecular formula is C31H50BF3O5S. The molecule has 1 saturated heterocycles. The Bertz CT molecular complexity index is 1020. The van der Waals surface area contributed by atoms with Gasteiger partial charge in [-0.1, -0.05) is 70.3 Å². The van der Waals surface area contributed by atoms with Crippen LogP contribution in [0.25, 0.3) is 0 Å². The summed E-state index contributed by atoms with van der Waals surface area (Å²) < 4.78 is 75.1. The van der Waals surface area contributed by atoms with Gasteiger partial charge in [0, 0.05) is 6.42 Å². The van der Waals surface area contributed by atoms with Crippen molar-refractivity contribution >= 4 is 17.2 Å². The first-order chi connectivity index (χ1) is 19.2. The summed E-state index contributed by atoms with van der Waals surface area (Å²) in [7, 11) is -5.62. The summed E-state index contributed by atoms with van der Waals surface area (Å²) in [6.45, 7) is 8.56. The van der Waals surface area contributed by atoms with Crippen LogP contribution in [0.15, 0.2) is 23.4 Å². The molecule has 0 amide bonds. The standard InChI is InChI=1S/C18H31BO2.C13H19F3O3S/c1-17(2)18(3,4)21-19(20-17)16-12-10-15(11-13-16)14-8-6-5-7-9-14;14-13(15,16)20(17,18)19-12-8-6-11(7-9-12)10-4-2-1-3-5-10/h12,14-15H,5-11,13H2,1-4H3;8,10-11H,1-7,9H2. The molecule has 0 bridgehead atoms. The van der Waals surface area contributed by atoms with Crippen LogP contribution in [0.2, 0.25) is 0 Å². The van der Waals surface area contributed by atoms with E-state index in [1.165, 1.54) is 88.6 Å². The van der Waals surface area contributed by atoms with E-state index in [1.807, 2.05) is 0 Å². The number of alkyl halides is 3. The maximum absolute atomic E-state index is 12.2. The molecule has 0 aromatic rings. The van der Waals surface area contributed by atoms with E-state index in [9.17, 15) is 21.6 Å². The fraction of sp³-hybridized carbons (Fsp3) is 0.871. The van der Waals surface area contributed by atoms with Crippen LogP contribution in [0.1, 0.15) is 130 Å². The molecule has 5 rings (SSSR count). The predicted molar refractivity (Wildman–Crippen MR) is 156 cm³/mol. The van der Waals surface area contributed by atoms with Crippen LogP contribution in [-0.4, -0.2) is 32.2 Å². The van der Waals surface area contributed by atoms with Crippen LogP contribution in [-0.2, 0) is 23.6 Å². The number of hydrogen-bond donors (Lipinski definition) is 0. The van der Waals surface area contributed by atoms with Gasteiger partial charge < -0.3 is 13.5 Å². The fourth-order valence-corrected chi connectivity index (χ4v) is 7.77. The Morgan fingerprint density at radius 1 is 0.732 bits per heavy atom. The molecule has 41 heavy (non-hydrogen) atoms. The van der Waals surface area contributed by atoms with Gasteiger partial charge in [0.05, 0.1) is 11.2 Å². The SMILES string of the molecule is CC1(C)OB(C2=CCC(C3CCCCC3)CC2)OC1(C)C.O=S(=O)(OC1=CCC(C2CCCCC2)CC1)C(F)(F)F. The topological polar surface area (TPSA) is 61.8 Å². The number of halogens is 3. The van der Waals surface area contributed by atoms with Gasteiger partial charge >= 0.3 is 22.7 Å². The van der Waals surface area contributed by atoms with Gasteiger partial charge in [0.25, 0.3) is 0 Å². The van der Waals surface area contributed by atoms with E-state index in [-0.39, 0.29) is 30.5 Å². The van der Waals surface area contributed by atoms with E-state index in [0.29, 0.717) is 24.7 Å². The molecule has 2 unspecified atom stereocenters. The van der Waals surface area contributed by atoms with Crippen molar-refractivity contribution in [2.75, 3.05) is 0 Å². The van der Waals surface area contributed by atoms with Crippen molar-refractivity contribution in [1.82, 2.24) is 0 Å². The minimum atomic E-state index is -5.51. The van der Waals surface area contributed by atoms with Crippen molar-refractivity contribution in [2.45, 2.75) is 147 Å². The highest BCUT2D eigenvalue weighted by Crippen LogP contribution is 2.43. The van der Waals surface area contributed by atoms with E-state index in [1.54, 1.807) is 0 Å². The Kier molecular flexibility index (Phi) is 10.7. The predicted octanol–water partition coefficient (Wildman–Crippen LogP) is 9.04. The lowest BCUT2D eigenvalue weighted by Crippen LogP contribution is -2.41. The van der Waals surface area contributed by atoms with E-state index in [0.717, 1.165) is 18.3 Å². The maximum atomic E-state index is 12.2. The third-order valence-electron chi connectivity index (χ3n) is 10.6. The molecule has 0 aromatic heterocycles. The van der Waals surface area contributed by atoms with Gasteiger partial charge in [0.1, 0.15) is 5.76 Å². The largest absolute Gasteiger partial charge is 0.534 e. The summed E-state index contributed by atoms with van der Waals surface area (Å²) in [6.07, 6.45) is 22.6. The van der Waals surface area contributed by atoms with Crippen molar-refractivity contribution in [1.29, 1.82) is 0 Å². The molecule has 0 N–H and O–H groups in total. The van der Waals surface area contributed by atoms with E-state index < -0.39 is 15.6 Å². The van der Waals surface area contributed by atoms with Crippen LogP contribution in [0, 0.1) is 23.7 Å². The van der Waals surface area contributed by atoms with E-state index in [2.05, 4.69) is 38.0 Å². The molecule has 0 spiro atoms. The number of rotatable bonds is 5. The second kappa shape index (κ2) is 13.3. The number of hydrogen-bond acceptors (Lipinski definition) is 5. The summed E-state index contributed by atoms with van der Waals surface area (Å²) in [5, 5.41) is 0. The second-order valence-corrected chi connectivity index (χ2v) is 15.4. The van der Waals surface area contributed by atoms with E-state index >= 15 is 0 Å². The highest BCUT2D eigenvalue weighted by Gasteiger charge is 2.52. The van der Waals surface area contributed by atoms with Gasteiger partial charge in [-0.15, -0.1) is 0 Å². The first kappa shape index (κ1) is 32.9. The monoisotopic (exact) mass is 602 g/mol. The highest BCUT2D eigenvalue weighted by molar-refractivity contribution is 7.87. The molecule has 0 radical (unpaired) electrons. The van der Waals surface area contributed by atoms with E-state index in [4.69, 9.17) is 9.31 Å². The van der Waals surface area contributed by atoms with Crippen molar-refractivity contribution in [3.8, 4) is 0 Å². The van der Waals surface area contributed by atoms with Crippen LogP contribution >= 0.6 is 0 Å². The van der Waals surface area contributed by atoms with Crippen LogP contribution in [0.3, 0.4) is 0 Å². The Balaban J connectivity index is 0.000000189. The lowest BCUT2D eigenvalue weighted by molar-refractivity contribution is -0.0525. The molecule has 5 nitrogen and oxygen atoms in total. The molecule has 3 fully saturated rings. The molecule has 1 heterocycles. The normalized spacial score (nSPS) is 29.7. The first-order valence-corrected chi connectivity index (χ1v) is 17.3. The molecule has 5 aliphatic rings. The van der Waals surface area contributed by atoms with Gasteiger partial charge in [0.2, 0.25) is 0 Å². The van der Waals surface area contributed by atoms with Gasteiger partial charge in [0.15, 0.2) is 0 Å². The van der Waals surface area contributed by atoms with Gasteiger partial charge in [-0.25, -0.2) is 0 Å². The minimum Gasteiger partial charge on any atom is -0.400 e. The molecule has 0 aromatic carbocycles. The van der Waals surface area contributed by atoms with Gasteiger partial charge in [-0.05, 0) is 95.0 Å². The molecule has 1 aliphatic heterocycles. The van der Waals surface area contributed by atoms with Gasteiger partial charge in [-0.3, -0.25) is 0 Å². The van der Waals surface area contributed by atoms with Crippen molar-refractivity contribution < 1.29 is 35.1 Å². The zero-order valence-electron chi connectivity index (χ0n) is 25.4. The molecule has 2 atom stereocenters. The van der Waals surface area contributed by atoms with Crippen LogP contribution in [0.5, 0.6) is 0 Å². The lowest BCUT2D eigenvalue weighted by Gasteiger charge is -2.32. The molecule has 4 aliphatic carbocycles. The smallest absolute Gasteiger partial charge is 0.400 e. The molecule has 234 valence electrons. The quantitative estimate of drug-likeness (QED) is 0.179. The Labute approximate surface area is 246 Å².